The van der Waals surface area contributed by atoms with Crippen LogP contribution in [0, 0.1) is 0 Å². The molecule has 0 radical (unpaired) electrons. The van der Waals surface area contributed by atoms with Crippen LogP contribution in [0.2, 0.25) is 5.02 Å². The lowest BCUT2D eigenvalue weighted by Gasteiger charge is -2.25. The number of aromatic nitrogens is 1. The predicted molar refractivity (Wildman–Crippen MR) is 91.1 cm³/mol. The van der Waals surface area contributed by atoms with Gasteiger partial charge in [0.25, 0.3) is 5.91 Å². The highest BCUT2D eigenvalue weighted by atomic mass is 35.5. The molecule has 0 atom stereocenters. The van der Waals surface area contributed by atoms with E-state index < -0.39 is 15.9 Å². The van der Waals surface area contributed by atoms with Crippen molar-refractivity contribution in [3.05, 3.63) is 39.7 Å². The molecule has 7 nitrogen and oxygen atoms in total. The second-order valence-electron chi connectivity index (χ2n) is 4.98. The number of carbonyl (C=O) groups is 1. The highest BCUT2D eigenvalue weighted by molar-refractivity contribution is 7.89. The van der Waals surface area contributed by atoms with Crippen molar-refractivity contribution < 1.29 is 17.9 Å². The lowest BCUT2D eigenvalue weighted by Crippen LogP contribution is -2.40. The van der Waals surface area contributed by atoms with Crippen LogP contribution in [0.4, 0.5) is 5.82 Å². The topological polar surface area (TPSA) is 88.6 Å². The first-order chi connectivity index (χ1) is 11.5. The van der Waals surface area contributed by atoms with E-state index >= 15 is 0 Å². The number of thiophene rings is 1. The van der Waals surface area contributed by atoms with Crippen molar-refractivity contribution in [3.63, 3.8) is 0 Å². The first kappa shape index (κ1) is 17.3. The first-order valence-electron chi connectivity index (χ1n) is 7.06. The van der Waals surface area contributed by atoms with Gasteiger partial charge in [-0.05, 0) is 18.2 Å². The van der Waals surface area contributed by atoms with Crippen LogP contribution in [0.5, 0.6) is 0 Å². The molecule has 0 saturated carbocycles. The van der Waals surface area contributed by atoms with Crippen LogP contribution in [-0.4, -0.2) is 49.9 Å². The Balaban J connectivity index is 1.74. The zero-order chi connectivity index (χ0) is 17.2. The molecule has 1 amide bonds. The Morgan fingerprint density at radius 1 is 1.33 bits per heavy atom. The molecule has 0 aromatic carbocycles. The zero-order valence-electron chi connectivity index (χ0n) is 12.4. The molecule has 0 aliphatic carbocycles. The van der Waals surface area contributed by atoms with Crippen LogP contribution >= 0.6 is 22.9 Å². The molecule has 1 N–H and O–H groups in total. The van der Waals surface area contributed by atoms with Gasteiger partial charge in [0.2, 0.25) is 10.0 Å². The normalized spacial score (nSPS) is 16.0. The number of amides is 1. The van der Waals surface area contributed by atoms with E-state index in [1.807, 2.05) is 0 Å². The van der Waals surface area contributed by atoms with E-state index in [0.29, 0.717) is 42.0 Å². The number of pyridine rings is 1. The van der Waals surface area contributed by atoms with Crippen molar-refractivity contribution in [1.29, 1.82) is 0 Å². The number of hydrogen-bond donors (Lipinski definition) is 1. The van der Waals surface area contributed by atoms with Gasteiger partial charge in [-0.2, -0.15) is 4.31 Å². The van der Waals surface area contributed by atoms with Gasteiger partial charge in [0.05, 0.1) is 28.0 Å². The Kier molecular flexibility index (Phi) is 5.16. The van der Waals surface area contributed by atoms with Gasteiger partial charge in [-0.25, -0.2) is 13.4 Å². The highest BCUT2D eigenvalue weighted by Gasteiger charge is 2.28. The summed E-state index contributed by atoms with van der Waals surface area (Å²) < 4.78 is 31.6. The average molecular weight is 388 g/mol. The maximum atomic E-state index is 12.5. The Morgan fingerprint density at radius 2 is 2.08 bits per heavy atom. The Hall–Kier alpha value is -1.52. The minimum Gasteiger partial charge on any atom is -0.379 e. The highest BCUT2D eigenvalue weighted by Crippen LogP contribution is 2.24. The van der Waals surface area contributed by atoms with Gasteiger partial charge >= 0.3 is 0 Å². The quantitative estimate of drug-likeness (QED) is 0.867. The molecule has 10 heteroatoms. The molecule has 3 heterocycles. The number of halogens is 1. The Morgan fingerprint density at radius 3 is 2.75 bits per heavy atom. The standard InChI is InChI=1S/C14H14ClN3O4S2/c15-10-1-2-13(16-8-10)17-14(19)12-7-11(9-23-12)24(20,21)18-3-5-22-6-4-18/h1-2,7-9H,3-6H2,(H,16,17,19). The van der Waals surface area contributed by atoms with E-state index in [-0.39, 0.29) is 4.90 Å². The number of nitrogens with zero attached hydrogens (tertiary/aromatic N) is 2. The minimum atomic E-state index is -3.60. The summed E-state index contributed by atoms with van der Waals surface area (Å²) in [7, 11) is -3.60. The fourth-order valence-electron chi connectivity index (χ4n) is 2.14. The van der Waals surface area contributed by atoms with Gasteiger partial charge in [0, 0.05) is 24.7 Å². The summed E-state index contributed by atoms with van der Waals surface area (Å²) in [5, 5.41) is 4.53. The van der Waals surface area contributed by atoms with Crippen molar-refractivity contribution in [2.75, 3.05) is 31.6 Å². The number of hydrogen-bond acceptors (Lipinski definition) is 6. The molecular weight excluding hydrogens is 374 g/mol. The predicted octanol–water partition coefficient (Wildman–Crippen LogP) is 2.07. The summed E-state index contributed by atoms with van der Waals surface area (Å²) in [5.41, 5.74) is 0. The van der Waals surface area contributed by atoms with Crippen LogP contribution in [0.15, 0.2) is 34.7 Å². The molecule has 1 aliphatic rings. The first-order valence-corrected chi connectivity index (χ1v) is 9.76. The third-order valence-electron chi connectivity index (χ3n) is 3.38. The lowest BCUT2D eigenvalue weighted by atomic mass is 10.4. The molecule has 2 aromatic heterocycles. The van der Waals surface area contributed by atoms with Gasteiger partial charge in [-0.1, -0.05) is 11.6 Å². The number of ether oxygens (including phenoxy) is 1. The monoisotopic (exact) mass is 387 g/mol. The third kappa shape index (κ3) is 3.76. The van der Waals surface area contributed by atoms with E-state index in [1.54, 1.807) is 12.1 Å². The Labute approximate surface area is 148 Å². The van der Waals surface area contributed by atoms with Gasteiger partial charge in [0.15, 0.2) is 0 Å². The number of nitrogens with one attached hydrogen (secondary N) is 1. The van der Waals surface area contributed by atoms with Crippen LogP contribution in [0.1, 0.15) is 9.67 Å². The van der Waals surface area contributed by atoms with Crippen LogP contribution in [0.25, 0.3) is 0 Å². The number of morpholine rings is 1. The lowest BCUT2D eigenvalue weighted by molar-refractivity contribution is 0.0730. The Bertz CT molecular complexity index is 830. The maximum absolute atomic E-state index is 12.5. The van der Waals surface area contributed by atoms with Crippen LogP contribution in [-0.2, 0) is 14.8 Å². The summed E-state index contributed by atoms with van der Waals surface area (Å²) >= 11 is 6.81. The number of anilines is 1. The summed E-state index contributed by atoms with van der Waals surface area (Å²) in [4.78, 5) is 16.6. The van der Waals surface area contributed by atoms with E-state index in [0.717, 1.165) is 11.3 Å². The van der Waals surface area contributed by atoms with E-state index in [4.69, 9.17) is 16.3 Å². The minimum absolute atomic E-state index is 0.114. The summed E-state index contributed by atoms with van der Waals surface area (Å²) in [5.74, 6) is -0.0753. The molecule has 0 spiro atoms. The number of rotatable bonds is 4. The fraction of sp³-hybridized carbons (Fsp3) is 0.286. The summed E-state index contributed by atoms with van der Waals surface area (Å²) in [6.45, 7) is 1.38. The van der Waals surface area contributed by atoms with E-state index in [9.17, 15) is 13.2 Å². The number of carbonyl (C=O) groups excluding carboxylic acids is 1. The zero-order valence-corrected chi connectivity index (χ0v) is 14.8. The SMILES string of the molecule is O=C(Nc1ccc(Cl)cn1)c1cc(S(=O)(=O)N2CCOCC2)cs1. The van der Waals surface area contributed by atoms with Crippen molar-refractivity contribution in [3.8, 4) is 0 Å². The molecule has 0 bridgehead atoms. The van der Waals surface area contributed by atoms with E-state index in [1.165, 1.54) is 21.9 Å². The smallest absolute Gasteiger partial charge is 0.266 e. The maximum Gasteiger partial charge on any atom is 0.266 e. The summed E-state index contributed by atoms with van der Waals surface area (Å²) in [6.07, 6.45) is 1.42. The summed E-state index contributed by atoms with van der Waals surface area (Å²) in [6, 6.07) is 4.55. The second-order valence-corrected chi connectivity index (χ2v) is 8.26. The van der Waals surface area contributed by atoms with Crippen molar-refractivity contribution in [2.45, 2.75) is 4.90 Å². The number of sulfonamides is 1. The second kappa shape index (κ2) is 7.16. The molecule has 1 fully saturated rings. The van der Waals surface area contributed by atoms with Gasteiger partial charge < -0.3 is 10.1 Å². The molecule has 1 saturated heterocycles. The largest absolute Gasteiger partial charge is 0.379 e. The van der Waals surface area contributed by atoms with Crippen LogP contribution in [0.3, 0.4) is 0 Å². The van der Waals surface area contributed by atoms with Crippen LogP contribution < -0.4 is 5.32 Å². The third-order valence-corrected chi connectivity index (χ3v) is 6.55. The molecule has 24 heavy (non-hydrogen) atoms. The van der Waals surface area contributed by atoms with Crippen molar-refractivity contribution >= 4 is 44.7 Å². The fourth-order valence-corrected chi connectivity index (χ4v) is 4.81. The molecule has 1 aliphatic heterocycles. The molecule has 2 aromatic rings. The molecule has 0 unspecified atom stereocenters. The van der Waals surface area contributed by atoms with Gasteiger partial charge in [0.1, 0.15) is 5.82 Å². The van der Waals surface area contributed by atoms with Crippen molar-refractivity contribution in [1.82, 2.24) is 9.29 Å². The van der Waals surface area contributed by atoms with Gasteiger partial charge in [-0.3, -0.25) is 4.79 Å². The molecular formula is C14H14ClN3O4S2. The molecule has 128 valence electrons. The van der Waals surface area contributed by atoms with Gasteiger partial charge in [-0.15, -0.1) is 11.3 Å². The average Bonchev–Trinajstić information content (AvgIpc) is 3.09. The van der Waals surface area contributed by atoms with E-state index in [2.05, 4.69) is 10.3 Å². The van der Waals surface area contributed by atoms with Crippen molar-refractivity contribution in [2.24, 2.45) is 0 Å². The molecule has 3 rings (SSSR count).